The predicted molar refractivity (Wildman–Crippen MR) is 73.1 cm³/mol. The van der Waals surface area contributed by atoms with Crippen molar-refractivity contribution in [1.82, 2.24) is 0 Å². The summed E-state index contributed by atoms with van der Waals surface area (Å²) in [5.74, 6) is -0.541. The van der Waals surface area contributed by atoms with Gasteiger partial charge in [0.25, 0.3) is 0 Å². The molecule has 1 N–H and O–H groups in total. The largest absolute Gasteiger partial charge is 0.459 e. The van der Waals surface area contributed by atoms with Crippen molar-refractivity contribution in [2.24, 2.45) is 0 Å². The van der Waals surface area contributed by atoms with Gasteiger partial charge in [0.1, 0.15) is 12.7 Å². The molecule has 2 aromatic rings. The highest BCUT2D eigenvalue weighted by molar-refractivity contribution is 6.33. The quantitative estimate of drug-likeness (QED) is 0.872. The van der Waals surface area contributed by atoms with Crippen LogP contribution in [0.15, 0.2) is 54.6 Å². The average Bonchev–Trinajstić information content (AvgIpc) is 2.46. The van der Waals surface area contributed by atoms with Crippen LogP contribution in [-0.4, -0.2) is 17.7 Å². The molecule has 98 valence electrons. The van der Waals surface area contributed by atoms with Crippen LogP contribution in [-0.2, 0) is 4.74 Å². The summed E-state index contributed by atoms with van der Waals surface area (Å²) in [5, 5.41) is 10.2. The number of ether oxygens (including phenoxy) is 1. The fourth-order valence-corrected chi connectivity index (χ4v) is 1.84. The lowest BCUT2D eigenvalue weighted by atomic mass is 10.1. The Bertz CT molecular complexity index is 554. The highest BCUT2D eigenvalue weighted by Crippen LogP contribution is 2.17. The smallest absolute Gasteiger partial charge is 0.339 e. The topological polar surface area (TPSA) is 46.5 Å². The van der Waals surface area contributed by atoms with E-state index in [0.717, 1.165) is 0 Å². The molecule has 0 aliphatic carbocycles. The molecule has 0 heterocycles. The van der Waals surface area contributed by atoms with Gasteiger partial charge in [-0.15, -0.1) is 0 Å². The van der Waals surface area contributed by atoms with Crippen molar-refractivity contribution in [2.75, 3.05) is 6.61 Å². The zero-order chi connectivity index (χ0) is 13.7. The van der Waals surface area contributed by atoms with E-state index in [9.17, 15) is 9.90 Å². The summed E-state index contributed by atoms with van der Waals surface area (Å²) in [6, 6.07) is 15.7. The summed E-state index contributed by atoms with van der Waals surface area (Å²) in [6.07, 6.45) is -0.840. The third-order valence-electron chi connectivity index (χ3n) is 2.65. The molecule has 2 rings (SSSR count). The highest BCUT2D eigenvalue weighted by atomic mass is 35.5. The molecule has 19 heavy (non-hydrogen) atoms. The van der Waals surface area contributed by atoms with E-state index in [-0.39, 0.29) is 6.61 Å². The number of rotatable bonds is 4. The number of hydrogen-bond donors (Lipinski definition) is 1. The lowest BCUT2D eigenvalue weighted by Gasteiger charge is -2.12. The van der Waals surface area contributed by atoms with Gasteiger partial charge in [-0.3, -0.25) is 0 Å². The van der Waals surface area contributed by atoms with Crippen LogP contribution in [0.5, 0.6) is 0 Å². The Morgan fingerprint density at radius 2 is 1.74 bits per heavy atom. The molecule has 0 amide bonds. The first-order valence-corrected chi connectivity index (χ1v) is 6.21. The Labute approximate surface area is 116 Å². The molecule has 0 saturated heterocycles. The number of carbonyl (C=O) groups is 1. The van der Waals surface area contributed by atoms with Crippen molar-refractivity contribution in [3.63, 3.8) is 0 Å². The average molecular weight is 277 g/mol. The molecule has 2 aromatic carbocycles. The molecule has 1 atom stereocenters. The van der Waals surface area contributed by atoms with Gasteiger partial charge in [0, 0.05) is 0 Å². The summed E-state index contributed by atoms with van der Waals surface area (Å²) < 4.78 is 5.05. The van der Waals surface area contributed by atoms with Crippen molar-refractivity contribution in [1.29, 1.82) is 0 Å². The summed E-state index contributed by atoms with van der Waals surface area (Å²) >= 11 is 5.89. The molecule has 0 bridgehead atoms. The first-order chi connectivity index (χ1) is 9.18. The normalized spacial score (nSPS) is 11.9. The van der Waals surface area contributed by atoms with E-state index in [1.165, 1.54) is 0 Å². The summed E-state index contributed by atoms with van der Waals surface area (Å²) in [5.41, 5.74) is 0.999. The predicted octanol–water partition coefficient (Wildman–Crippen LogP) is 3.23. The Balaban J connectivity index is 1.96. The third-order valence-corrected chi connectivity index (χ3v) is 2.98. The van der Waals surface area contributed by atoms with Crippen molar-refractivity contribution in [3.8, 4) is 0 Å². The molecule has 0 saturated carbocycles. The number of aliphatic hydroxyl groups excluding tert-OH is 1. The molecule has 0 aliphatic heterocycles. The number of halogens is 1. The second kappa shape index (κ2) is 6.36. The maximum atomic E-state index is 11.8. The van der Waals surface area contributed by atoms with Gasteiger partial charge in [0.15, 0.2) is 0 Å². The van der Waals surface area contributed by atoms with Crippen molar-refractivity contribution in [3.05, 3.63) is 70.7 Å². The van der Waals surface area contributed by atoms with Crippen LogP contribution in [0.1, 0.15) is 22.0 Å². The SMILES string of the molecule is O=C(OC[C@H](O)c1ccccc1)c1ccccc1Cl. The molecular weight excluding hydrogens is 264 g/mol. The van der Waals surface area contributed by atoms with E-state index >= 15 is 0 Å². The first-order valence-electron chi connectivity index (χ1n) is 5.83. The van der Waals surface area contributed by atoms with Crippen molar-refractivity contribution in [2.45, 2.75) is 6.10 Å². The standard InChI is InChI=1S/C15H13ClO3/c16-13-9-5-4-8-12(13)15(18)19-10-14(17)11-6-2-1-3-7-11/h1-9,14,17H,10H2/t14-/m0/s1. The second-order valence-electron chi connectivity index (χ2n) is 4.00. The molecule has 0 aliphatic rings. The minimum absolute atomic E-state index is 0.103. The summed E-state index contributed by atoms with van der Waals surface area (Å²) in [6.45, 7) is -0.103. The zero-order valence-corrected chi connectivity index (χ0v) is 10.9. The number of hydrogen-bond acceptors (Lipinski definition) is 3. The van der Waals surface area contributed by atoms with E-state index in [2.05, 4.69) is 0 Å². The van der Waals surface area contributed by atoms with Gasteiger partial charge in [0.2, 0.25) is 0 Å². The molecular formula is C15H13ClO3. The van der Waals surface area contributed by atoms with Crippen LogP contribution in [0.3, 0.4) is 0 Å². The summed E-state index contributed by atoms with van der Waals surface area (Å²) in [7, 11) is 0. The maximum absolute atomic E-state index is 11.8. The minimum Gasteiger partial charge on any atom is -0.459 e. The van der Waals surface area contributed by atoms with Gasteiger partial charge in [-0.25, -0.2) is 4.79 Å². The fraction of sp³-hybridized carbons (Fsp3) is 0.133. The first kappa shape index (κ1) is 13.6. The van der Waals surface area contributed by atoms with Crippen molar-refractivity contribution >= 4 is 17.6 Å². The molecule has 4 heteroatoms. The molecule has 0 spiro atoms. The van der Waals surface area contributed by atoms with Crippen LogP contribution < -0.4 is 0 Å². The monoisotopic (exact) mass is 276 g/mol. The highest BCUT2D eigenvalue weighted by Gasteiger charge is 2.14. The van der Waals surface area contributed by atoms with Gasteiger partial charge in [0.05, 0.1) is 10.6 Å². The van der Waals surface area contributed by atoms with E-state index < -0.39 is 12.1 Å². The van der Waals surface area contributed by atoms with Crippen LogP contribution in [0.25, 0.3) is 0 Å². The van der Waals surface area contributed by atoms with E-state index in [0.29, 0.717) is 16.1 Å². The molecule has 0 fully saturated rings. The Hall–Kier alpha value is -1.84. The van der Waals surface area contributed by atoms with Crippen LogP contribution in [0.4, 0.5) is 0 Å². The third kappa shape index (κ3) is 3.56. The Morgan fingerprint density at radius 1 is 1.11 bits per heavy atom. The number of aliphatic hydroxyl groups is 1. The van der Waals surface area contributed by atoms with E-state index in [1.54, 1.807) is 36.4 Å². The van der Waals surface area contributed by atoms with Gasteiger partial charge < -0.3 is 9.84 Å². The van der Waals surface area contributed by atoms with Crippen LogP contribution in [0.2, 0.25) is 5.02 Å². The van der Waals surface area contributed by atoms with Gasteiger partial charge >= 0.3 is 5.97 Å². The molecule has 0 unspecified atom stereocenters. The van der Waals surface area contributed by atoms with Gasteiger partial charge in [-0.05, 0) is 17.7 Å². The fourth-order valence-electron chi connectivity index (χ4n) is 1.63. The molecule has 0 aromatic heterocycles. The maximum Gasteiger partial charge on any atom is 0.339 e. The number of benzene rings is 2. The molecule has 0 radical (unpaired) electrons. The molecule has 3 nitrogen and oxygen atoms in total. The Morgan fingerprint density at radius 3 is 2.42 bits per heavy atom. The van der Waals surface area contributed by atoms with Crippen molar-refractivity contribution < 1.29 is 14.6 Å². The number of esters is 1. The van der Waals surface area contributed by atoms with E-state index in [1.807, 2.05) is 18.2 Å². The zero-order valence-electron chi connectivity index (χ0n) is 10.1. The number of carbonyl (C=O) groups excluding carboxylic acids is 1. The van der Waals surface area contributed by atoms with Gasteiger partial charge in [-0.2, -0.15) is 0 Å². The summed E-state index contributed by atoms with van der Waals surface area (Å²) in [4.78, 5) is 11.8. The van der Waals surface area contributed by atoms with Crippen LogP contribution >= 0.6 is 11.6 Å². The van der Waals surface area contributed by atoms with Crippen LogP contribution in [0, 0.1) is 0 Å². The minimum atomic E-state index is -0.840. The Kier molecular flexibility index (Phi) is 4.55. The lowest BCUT2D eigenvalue weighted by Crippen LogP contribution is -2.13. The second-order valence-corrected chi connectivity index (χ2v) is 4.41. The van der Waals surface area contributed by atoms with E-state index in [4.69, 9.17) is 16.3 Å². The van der Waals surface area contributed by atoms with Gasteiger partial charge in [-0.1, -0.05) is 54.1 Å². The lowest BCUT2D eigenvalue weighted by molar-refractivity contribution is 0.0254.